The topological polar surface area (TPSA) is 38.7 Å². The first kappa shape index (κ1) is 12.4. The Labute approximate surface area is 102 Å². The maximum Gasteiger partial charge on any atom is 0.210 e. The third-order valence-electron chi connectivity index (χ3n) is 2.40. The van der Waals surface area contributed by atoms with Crippen LogP contribution in [-0.4, -0.2) is 15.5 Å². The molecular weight excluding hydrogens is 241 g/mol. The highest BCUT2D eigenvalue weighted by atomic mass is 32.2. The average Bonchev–Trinajstić information content (AvgIpc) is 2.61. The zero-order valence-electron chi connectivity index (χ0n) is 9.94. The molecule has 17 heavy (non-hydrogen) atoms. The Hall–Kier alpha value is -1.07. The molecule has 92 valence electrons. The number of halogens is 1. The van der Waals surface area contributed by atoms with E-state index in [0.29, 0.717) is 10.6 Å². The summed E-state index contributed by atoms with van der Waals surface area (Å²) in [6, 6.07) is 5.75. The largest absolute Gasteiger partial charge is 0.258 e. The highest BCUT2D eigenvalue weighted by Gasteiger charge is 2.35. The van der Waals surface area contributed by atoms with Crippen LogP contribution in [0.25, 0.3) is 0 Å². The molecule has 5 heteroatoms. The molecule has 0 bridgehead atoms. The molecule has 2 atom stereocenters. The van der Waals surface area contributed by atoms with Gasteiger partial charge in [-0.15, -0.1) is 0 Å². The van der Waals surface area contributed by atoms with Crippen molar-refractivity contribution >= 4 is 16.1 Å². The van der Waals surface area contributed by atoms with Crippen molar-refractivity contribution < 1.29 is 12.8 Å². The second-order valence-electron chi connectivity index (χ2n) is 4.99. The van der Waals surface area contributed by atoms with E-state index in [1.54, 1.807) is 12.1 Å². The molecule has 0 N–H and O–H groups in total. The fourth-order valence-electron chi connectivity index (χ4n) is 1.40. The average molecular weight is 255 g/mol. The van der Waals surface area contributed by atoms with E-state index in [1.807, 2.05) is 20.8 Å². The normalized spacial score (nSPS) is 24.8. The second kappa shape index (κ2) is 4.31. The maximum absolute atomic E-state index is 12.8. The number of nitrogens with zero attached hydrogens (tertiary/aromatic N) is 1. The lowest BCUT2D eigenvalue weighted by molar-refractivity contribution is 0.119. The van der Waals surface area contributed by atoms with E-state index < -0.39 is 17.3 Å². The van der Waals surface area contributed by atoms with Gasteiger partial charge in [0, 0.05) is 11.0 Å². The molecule has 0 radical (unpaired) electrons. The summed E-state index contributed by atoms with van der Waals surface area (Å²) in [7, 11) is 0. The summed E-state index contributed by atoms with van der Waals surface area (Å²) in [4.78, 5) is 4.31. The van der Waals surface area contributed by atoms with Crippen LogP contribution in [0.4, 0.5) is 4.39 Å². The predicted octanol–water partition coefficient (Wildman–Crippen LogP) is 2.64. The van der Waals surface area contributed by atoms with Crippen LogP contribution in [0.1, 0.15) is 26.3 Å². The van der Waals surface area contributed by atoms with E-state index >= 15 is 0 Å². The molecule has 0 saturated carbocycles. The minimum atomic E-state index is -1.57. The van der Waals surface area contributed by atoms with Crippen molar-refractivity contribution in [1.29, 1.82) is 0 Å². The fourth-order valence-corrected chi connectivity index (χ4v) is 2.50. The van der Waals surface area contributed by atoms with Gasteiger partial charge >= 0.3 is 0 Å². The van der Waals surface area contributed by atoms with Crippen LogP contribution in [0.5, 0.6) is 0 Å². The van der Waals surface area contributed by atoms with Crippen molar-refractivity contribution in [3.8, 4) is 0 Å². The highest BCUT2D eigenvalue weighted by Crippen LogP contribution is 2.29. The molecule has 3 nitrogen and oxygen atoms in total. The lowest BCUT2D eigenvalue weighted by Crippen LogP contribution is -2.24. The van der Waals surface area contributed by atoms with Crippen molar-refractivity contribution in [3.05, 3.63) is 35.6 Å². The van der Waals surface area contributed by atoms with Gasteiger partial charge in [0.2, 0.25) is 11.1 Å². The lowest BCUT2D eigenvalue weighted by atomic mass is 9.95. The van der Waals surface area contributed by atoms with Gasteiger partial charge in [0.15, 0.2) is 11.3 Å². The van der Waals surface area contributed by atoms with Crippen molar-refractivity contribution in [3.63, 3.8) is 0 Å². The third-order valence-corrected chi connectivity index (χ3v) is 3.42. The lowest BCUT2D eigenvalue weighted by Gasteiger charge is -2.21. The molecule has 0 amide bonds. The summed E-state index contributed by atoms with van der Waals surface area (Å²) in [5.41, 5.74) is 0.425. The van der Waals surface area contributed by atoms with E-state index in [4.69, 9.17) is 4.18 Å². The van der Waals surface area contributed by atoms with E-state index in [2.05, 4.69) is 4.99 Å². The van der Waals surface area contributed by atoms with E-state index in [-0.39, 0.29) is 11.2 Å². The van der Waals surface area contributed by atoms with Crippen molar-refractivity contribution in [1.82, 2.24) is 0 Å². The van der Waals surface area contributed by atoms with Gasteiger partial charge < -0.3 is 0 Å². The number of hydrogen-bond acceptors (Lipinski definition) is 3. The van der Waals surface area contributed by atoms with Crippen molar-refractivity contribution in [2.75, 3.05) is 0 Å². The molecule has 1 aromatic carbocycles. The SMILES string of the molecule is CC(C)(C)C1N=C(c2ccc(F)cc2)S(=O)O1. The number of rotatable bonds is 1. The Bertz CT molecular complexity index is 476. The van der Waals surface area contributed by atoms with E-state index in [0.717, 1.165) is 0 Å². The highest BCUT2D eigenvalue weighted by molar-refractivity contribution is 7.97. The van der Waals surface area contributed by atoms with Gasteiger partial charge in [0.25, 0.3) is 0 Å². The first-order valence-corrected chi connectivity index (χ1v) is 6.38. The zero-order valence-corrected chi connectivity index (χ0v) is 10.8. The van der Waals surface area contributed by atoms with Gasteiger partial charge in [-0.3, -0.25) is 4.18 Å². The first-order valence-electron chi connectivity index (χ1n) is 5.30. The molecule has 2 rings (SSSR count). The van der Waals surface area contributed by atoms with Gasteiger partial charge in [-0.05, 0) is 24.3 Å². The number of hydrogen-bond donors (Lipinski definition) is 0. The molecule has 0 fully saturated rings. The van der Waals surface area contributed by atoms with Gasteiger partial charge in [-0.2, -0.15) is 0 Å². The van der Waals surface area contributed by atoms with Crippen LogP contribution >= 0.6 is 0 Å². The minimum Gasteiger partial charge on any atom is -0.258 e. The van der Waals surface area contributed by atoms with Gasteiger partial charge in [0.1, 0.15) is 5.82 Å². The maximum atomic E-state index is 12.8. The third kappa shape index (κ3) is 2.61. The Balaban J connectivity index is 2.33. The Morgan fingerprint density at radius 3 is 2.35 bits per heavy atom. The molecule has 0 spiro atoms. The smallest absolute Gasteiger partial charge is 0.210 e. The summed E-state index contributed by atoms with van der Waals surface area (Å²) in [5.74, 6) is -0.327. The summed E-state index contributed by atoms with van der Waals surface area (Å²) >= 11 is -1.57. The molecule has 0 saturated heterocycles. The molecule has 1 heterocycles. The Kier molecular flexibility index (Phi) is 3.14. The minimum absolute atomic E-state index is 0.211. The van der Waals surface area contributed by atoms with Crippen LogP contribution in [0.3, 0.4) is 0 Å². The summed E-state index contributed by atoms with van der Waals surface area (Å²) in [6.45, 7) is 5.89. The zero-order chi connectivity index (χ0) is 12.6. The number of aliphatic imine (C=N–C) groups is 1. The Morgan fingerprint density at radius 2 is 1.88 bits per heavy atom. The van der Waals surface area contributed by atoms with Crippen molar-refractivity contribution in [2.45, 2.75) is 27.0 Å². The first-order chi connectivity index (χ1) is 7.88. The van der Waals surface area contributed by atoms with Crippen LogP contribution in [0.15, 0.2) is 29.3 Å². The van der Waals surface area contributed by atoms with Crippen molar-refractivity contribution in [2.24, 2.45) is 10.4 Å². The van der Waals surface area contributed by atoms with Crippen LogP contribution in [0, 0.1) is 11.2 Å². The molecule has 1 aliphatic heterocycles. The fraction of sp³-hybridized carbons (Fsp3) is 0.417. The summed E-state index contributed by atoms with van der Waals surface area (Å²) < 4.78 is 29.9. The van der Waals surface area contributed by atoms with Gasteiger partial charge in [-0.25, -0.2) is 13.6 Å². The Morgan fingerprint density at radius 1 is 1.29 bits per heavy atom. The quantitative estimate of drug-likeness (QED) is 0.773. The van der Waals surface area contributed by atoms with Crippen LogP contribution < -0.4 is 0 Å². The molecule has 1 aliphatic rings. The van der Waals surface area contributed by atoms with Crippen LogP contribution in [0.2, 0.25) is 0 Å². The molecule has 2 unspecified atom stereocenters. The molecule has 1 aromatic rings. The van der Waals surface area contributed by atoms with E-state index in [9.17, 15) is 8.60 Å². The second-order valence-corrected chi connectivity index (χ2v) is 6.04. The summed E-state index contributed by atoms with van der Waals surface area (Å²) in [5, 5.41) is 0.380. The predicted molar refractivity (Wildman–Crippen MR) is 65.4 cm³/mol. The summed E-state index contributed by atoms with van der Waals surface area (Å²) in [6.07, 6.45) is -0.427. The standard InChI is InChI=1S/C12H14FNO2S/c1-12(2,3)11-14-10(17(15)16-11)8-4-6-9(13)7-5-8/h4-7,11H,1-3H3. The number of benzene rings is 1. The van der Waals surface area contributed by atoms with E-state index in [1.165, 1.54) is 12.1 Å². The molecule has 0 aromatic heterocycles. The molecule has 0 aliphatic carbocycles. The van der Waals surface area contributed by atoms with Gasteiger partial charge in [0.05, 0.1) is 0 Å². The monoisotopic (exact) mass is 255 g/mol. The van der Waals surface area contributed by atoms with Crippen LogP contribution in [-0.2, 0) is 15.3 Å². The van der Waals surface area contributed by atoms with Gasteiger partial charge in [-0.1, -0.05) is 20.8 Å². The molecular formula is C12H14FNO2S.